The molecule has 5 aliphatic heterocycles. The van der Waals surface area contributed by atoms with Crippen LogP contribution in [0, 0.1) is 65.5 Å². The topological polar surface area (TPSA) is 245 Å². The summed E-state index contributed by atoms with van der Waals surface area (Å²) >= 11 is 8.61. The molecular formula is C49H67Br4F3N14O9. The molecule has 79 heavy (non-hydrogen) atoms. The number of pyridine rings is 3. The zero-order valence-corrected chi connectivity index (χ0v) is 50.8. The Morgan fingerprint density at radius 1 is 0.481 bits per heavy atom. The number of piperazine rings is 3. The van der Waals surface area contributed by atoms with Crippen LogP contribution in [-0.4, -0.2) is 203 Å². The van der Waals surface area contributed by atoms with E-state index in [1.165, 1.54) is 19.3 Å². The normalized spacial score (nSPS) is 19.1. The van der Waals surface area contributed by atoms with Crippen molar-refractivity contribution in [3.05, 3.63) is 86.3 Å². The lowest BCUT2D eigenvalue weighted by molar-refractivity contribution is -0.387. The van der Waals surface area contributed by atoms with Crippen LogP contribution in [0.3, 0.4) is 0 Å². The molecule has 30 heteroatoms. The smallest absolute Gasteiger partial charge is 0.328 e. The number of rotatable bonds is 8. The summed E-state index contributed by atoms with van der Waals surface area (Å²) in [4.78, 5) is 94.8. The van der Waals surface area contributed by atoms with Gasteiger partial charge in [-0.15, -0.1) is 17.0 Å². The minimum absolute atomic E-state index is 0. The molecular weight excluding hydrogens is 1310 g/mol. The van der Waals surface area contributed by atoms with E-state index in [0.717, 1.165) is 116 Å². The van der Waals surface area contributed by atoms with Gasteiger partial charge in [0.05, 0.1) is 33.4 Å². The van der Waals surface area contributed by atoms with Crippen LogP contribution in [0.25, 0.3) is 0 Å². The Balaban J connectivity index is 0.000000202. The summed E-state index contributed by atoms with van der Waals surface area (Å²) in [6.07, 6.45) is 12.3. The molecule has 23 nitrogen and oxygen atoms in total. The maximum atomic E-state index is 14.2. The predicted octanol–water partition coefficient (Wildman–Crippen LogP) is 7.57. The lowest BCUT2D eigenvalue weighted by Crippen LogP contribution is -2.50. The van der Waals surface area contributed by atoms with E-state index in [1.807, 2.05) is 23.9 Å². The molecule has 0 aromatic carbocycles. The Morgan fingerprint density at radius 3 is 1.22 bits per heavy atom. The van der Waals surface area contributed by atoms with E-state index < -0.39 is 37.9 Å². The van der Waals surface area contributed by atoms with E-state index in [-0.39, 0.29) is 77.1 Å². The average Bonchev–Trinajstić information content (AvgIpc) is 3.45. The number of likely N-dealkylation sites (N-methyl/N-ethyl adjacent to an activating group) is 3. The second-order valence-corrected chi connectivity index (χ2v) is 22.5. The Bertz CT molecular complexity index is 2600. The number of halogens is 7. The van der Waals surface area contributed by atoms with Gasteiger partial charge in [-0.05, 0) is 107 Å². The summed E-state index contributed by atoms with van der Waals surface area (Å²) in [7, 11) is 6.20. The zero-order valence-electron chi connectivity index (χ0n) is 44.3. The van der Waals surface area contributed by atoms with Crippen LogP contribution < -0.4 is 9.80 Å². The molecule has 0 atom stereocenters. The van der Waals surface area contributed by atoms with Gasteiger partial charge in [-0.1, -0.05) is 19.3 Å². The minimum atomic E-state index is -0.759. The predicted molar refractivity (Wildman–Crippen MR) is 305 cm³/mol. The summed E-state index contributed by atoms with van der Waals surface area (Å²) in [5.74, 6) is -1.30. The molecule has 1 saturated carbocycles. The van der Waals surface area contributed by atoms with E-state index in [9.17, 15) is 57.9 Å². The van der Waals surface area contributed by atoms with Gasteiger partial charge in [0.1, 0.15) is 10.7 Å². The number of amides is 3. The molecule has 1 aliphatic carbocycles. The highest BCUT2D eigenvalue weighted by Crippen LogP contribution is 2.39. The van der Waals surface area contributed by atoms with Crippen molar-refractivity contribution in [2.24, 2.45) is 17.8 Å². The van der Waals surface area contributed by atoms with Gasteiger partial charge in [-0.2, -0.15) is 0 Å². The summed E-state index contributed by atoms with van der Waals surface area (Å²) in [5, 5.41) is 32.8. The molecule has 3 aromatic heterocycles. The highest BCUT2D eigenvalue weighted by Gasteiger charge is 2.36. The molecule has 6 fully saturated rings. The van der Waals surface area contributed by atoms with Gasteiger partial charge in [-0.3, -0.25) is 49.7 Å². The van der Waals surface area contributed by atoms with Crippen LogP contribution in [0.5, 0.6) is 0 Å². The van der Waals surface area contributed by atoms with Gasteiger partial charge >= 0.3 is 17.1 Å². The third kappa shape index (κ3) is 17.6. The molecule has 3 amide bonds. The monoisotopic (exact) mass is 1370 g/mol. The van der Waals surface area contributed by atoms with Crippen molar-refractivity contribution >= 4 is 111 Å². The highest BCUT2D eigenvalue weighted by molar-refractivity contribution is 9.11. The molecule has 0 spiro atoms. The number of aromatic nitrogens is 3. The Kier molecular flexibility index (Phi) is 25.4. The van der Waals surface area contributed by atoms with Gasteiger partial charge < -0.3 is 39.2 Å². The van der Waals surface area contributed by atoms with Crippen molar-refractivity contribution in [2.45, 2.75) is 57.8 Å². The number of carbonyl (C=O) groups is 3. The molecule has 436 valence electrons. The third-order valence-corrected chi connectivity index (χ3v) is 16.9. The van der Waals surface area contributed by atoms with Gasteiger partial charge in [0.2, 0.25) is 17.7 Å². The maximum absolute atomic E-state index is 14.2. The molecule has 8 heterocycles. The van der Waals surface area contributed by atoms with Crippen LogP contribution in [0.2, 0.25) is 0 Å². The molecule has 0 bridgehead atoms. The van der Waals surface area contributed by atoms with Gasteiger partial charge in [0.15, 0.2) is 38.0 Å². The van der Waals surface area contributed by atoms with Crippen molar-refractivity contribution in [3.8, 4) is 0 Å². The number of piperidine rings is 2. The molecule has 0 radical (unpaired) electrons. The fraction of sp³-hybridized carbons (Fsp3) is 0.633. The fourth-order valence-corrected chi connectivity index (χ4v) is 11.9. The molecule has 5 saturated heterocycles. The number of nitro groups is 3. The lowest BCUT2D eigenvalue weighted by Gasteiger charge is -2.38. The Morgan fingerprint density at radius 2 is 0.835 bits per heavy atom. The van der Waals surface area contributed by atoms with Crippen LogP contribution >= 0.6 is 64.8 Å². The Hall–Kier alpha value is -4.75. The van der Waals surface area contributed by atoms with Crippen LogP contribution in [-0.2, 0) is 14.4 Å². The maximum Gasteiger partial charge on any atom is 0.328 e. The summed E-state index contributed by atoms with van der Waals surface area (Å²) in [5.41, 5.74) is -1.18. The highest BCUT2D eigenvalue weighted by atomic mass is 79.9. The number of carbonyl (C=O) groups excluding carboxylic acids is 3. The van der Waals surface area contributed by atoms with E-state index in [4.69, 9.17) is 0 Å². The first kappa shape index (κ1) is 65.1. The van der Waals surface area contributed by atoms with Crippen molar-refractivity contribution in [2.75, 3.05) is 136 Å². The number of hydrogen-bond acceptors (Lipinski definition) is 17. The quantitative estimate of drug-likeness (QED) is 0.120. The third-order valence-electron chi connectivity index (χ3n) is 15.0. The molecule has 9 rings (SSSR count). The van der Waals surface area contributed by atoms with Gasteiger partial charge in [0.25, 0.3) is 0 Å². The SMILES string of the molecule is Br.CN1CCN(C(=O)C2CCCCC2)CC1.CN1CCN(C(=O)C2CCN(c3c(F)cnc(Br)c3[N+](=O)[O-])CC2)CC1.CN1CCN(C(=O)C2CCN(c3c(F)cncc3[N+](=O)[O-])CC2)CC1.O=[N+]([O-])c1c(Br)ncc(F)c1Br. The summed E-state index contributed by atoms with van der Waals surface area (Å²) < 4.78 is 40.8. The summed E-state index contributed by atoms with van der Waals surface area (Å²) in [6.45, 7) is 12.0. The molecule has 3 aromatic rings. The average molecular weight is 1370 g/mol. The first-order valence-electron chi connectivity index (χ1n) is 26.0. The Labute approximate surface area is 492 Å². The van der Waals surface area contributed by atoms with Gasteiger partial charge in [-0.25, -0.2) is 23.1 Å². The van der Waals surface area contributed by atoms with E-state index in [2.05, 4.69) is 89.4 Å². The standard InChI is InChI=1S/C16H21BrFN5O3.C16H22FN5O3.C12H22N2O.C5HBr2FN2O2.BrH/c1-20-6-8-22(9-7-20)16(24)11-2-4-21(5-3-11)13-12(18)10-19-15(17)14(13)23(25)26;1-19-6-8-21(9-7-19)16(23)12-2-4-20(5-3-12)15-13(17)10-18-11-14(15)22(24)25;1-13-7-9-14(10-8-13)12(15)11-5-3-2-4-6-11;6-3-2(8)1-9-5(7)4(3)10(11)12;/h10-11H,2-9H2,1H3;10-12H,2-9H2,1H3;11H,2-10H2,1H3;1H;1H. The second kappa shape index (κ2) is 30.9. The largest absolute Gasteiger partial charge is 0.363 e. The van der Waals surface area contributed by atoms with E-state index in [1.54, 1.807) is 9.80 Å². The van der Waals surface area contributed by atoms with Crippen LogP contribution in [0.4, 0.5) is 41.6 Å². The zero-order chi connectivity index (χ0) is 56.8. The van der Waals surface area contributed by atoms with Crippen molar-refractivity contribution in [1.82, 2.24) is 44.4 Å². The number of anilines is 2. The molecule has 0 N–H and O–H groups in total. The number of nitrogens with zero attached hydrogens (tertiary/aromatic N) is 14. The fourth-order valence-electron chi connectivity index (χ4n) is 10.3. The van der Waals surface area contributed by atoms with E-state index in [0.29, 0.717) is 63.7 Å². The minimum Gasteiger partial charge on any atom is -0.363 e. The van der Waals surface area contributed by atoms with Crippen LogP contribution in [0.15, 0.2) is 38.5 Å². The molecule has 0 unspecified atom stereocenters. The van der Waals surface area contributed by atoms with E-state index >= 15 is 0 Å². The van der Waals surface area contributed by atoms with Crippen molar-refractivity contribution in [1.29, 1.82) is 0 Å². The van der Waals surface area contributed by atoms with Crippen molar-refractivity contribution in [3.63, 3.8) is 0 Å². The van der Waals surface area contributed by atoms with Crippen LogP contribution in [0.1, 0.15) is 57.8 Å². The molecule has 6 aliphatic rings. The summed E-state index contributed by atoms with van der Waals surface area (Å²) in [6, 6.07) is 0. The lowest BCUT2D eigenvalue weighted by atomic mass is 9.88. The number of hydrogen-bond donors (Lipinski definition) is 0. The van der Waals surface area contributed by atoms with Gasteiger partial charge in [0, 0.05) is 122 Å². The first-order valence-corrected chi connectivity index (χ1v) is 28.4. The van der Waals surface area contributed by atoms with Crippen molar-refractivity contribution < 1.29 is 42.3 Å². The first-order chi connectivity index (χ1) is 37.2. The second-order valence-electron chi connectivity index (χ2n) is 20.2.